The summed E-state index contributed by atoms with van der Waals surface area (Å²) in [5, 5.41) is 3.36. The van der Waals surface area contributed by atoms with Crippen LogP contribution < -0.4 is 5.32 Å². The van der Waals surface area contributed by atoms with Gasteiger partial charge in [-0.1, -0.05) is 43.0 Å². The third-order valence-corrected chi connectivity index (χ3v) is 4.73. The van der Waals surface area contributed by atoms with Gasteiger partial charge in [0.25, 0.3) is 5.91 Å². The van der Waals surface area contributed by atoms with Gasteiger partial charge in [-0.25, -0.2) is 9.97 Å². The minimum Gasteiger partial charge on any atom is -0.455 e. The summed E-state index contributed by atoms with van der Waals surface area (Å²) in [6.45, 7) is 7.44. The molecule has 1 aromatic carbocycles. The third-order valence-electron chi connectivity index (χ3n) is 3.91. The summed E-state index contributed by atoms with van der Waals surface area (Å²) in [4.78, 5) is 32.3. The van der Waals surface area contributed by atoms with E-state index in [-0.39, 0.29) is 24.3 Å². The van der Waals surface area contributed by atoms with Crippen LogP contribution in [0.3, 0.4) is 0 Å². The molecule has 1 heterocycles. The highest BCUT2D eigenvalue weighted by Crippen LogP contribution is 2.15. The lowest BCUT2D eigenvalue weighted by molar-refractivity contribution is -0.146. The molecule has 1 atom stereocenters. The van der Waals surface area contributed by atoms with Crippen LogP contribution in [-0.4, -0.2) is 34.2 Å². The number of aromatic nitrogens is 2. The Hall–Kier alpha value is -2.41. The highest BCUT2D eigenvalue weighted by Gasteiger charge is 2.13. The molecular formula is C20H25N3O3S. The number of aryl methyl sites for hydroxylation is 3. The second-order valence-electron chi connectivity index (χ2n) is 6.27. The van der Waals surface area contributed by atoms with Crippen molar-refractivity contribution in [2.24, 2.45) is 0 Å². The molecule has 1 N–H and O–H groups in total. The van der Waals surface area contributed by atoms with Crippen molar-refractivity contribution in [1.82, 2.24) is 15.3 Å². The first kappa shape index (κ1) is 20.9. The van der Waals surface area contributed by atoms with Gasteiger partial charge in [0, 0.05) is 11.4 Å². The maximum absolute atomic E-state index is 12.0. The van der Waals surface area contributed by atoms with Gasteiger partial charge in [0.05, 0.1) is 11.8 Å². The van der Waals surface area contributed by atoms with E-state index in [2.05, 4.69) is 22.2 Å². The van der Waals surface area contributed by atoms with Crippen molar-refractivity contribution in [3.8, 4) is 0 Å². The van der Waals surface area contributed by atoms with Crippen LogP contribution in [0.2, 0.25) is 0 Å². The smallest absolute Gasteiger partial charge is 0.316 e. The first-order valence-electron chi connectivity index (χ1n) is 8.86. The summed E-state index contributed by atoms with van der Waals surface area (Å²) >= 11 is 1.19. The van der Waals surface area contributed by atoms with Crippen molar-refractivity contribution < 1.29 is 14.3 Å². The average Bonchev–Trinajstić information content (AvgIpc) is 2.64. The molecule has 0 aliphatic carbocycles. The molecule has 2 aromatic rings. The second-order valence-corrected chi connectivity index (χ2v) is 7.21. The molecule has 0 aliphatic rings. The molecule has 144 valence electrons. The summed E-state index contributed by atoms with van der Waals surface area (Å²) < 4.78 is 5.03. The predicted molar refractivity (Wildman–Crippen MR) is 106 cm³/mol. The van der Waals surface area contributed by atoms with E-state index in [1.807, 2.05) is 51.1 Å². The van der Waals surface area contributed by atoms with Gasteiger partial charge < -0.3 is 10.1 Å². The fraction of sp³-hybridized carbons (Fsp3) is 0.400. The molecule has 27 heavy (non-hydrogen) atoms. The van der Waals surface area contributed by atoms with Gasteiger partial charge in [0.15, 0.2) is 11.8 Å². The second kappa shape index (κ2) is 10.1. The summed E-state index contributed by atoms with van der Waals surface area (Å²) in [6, 6.07) is 9.80. The quantitative estimate of drug-likeness (QED) is 0.426. The molecule has 0 fully saturated rings. The first-order valence-corrected chi connectivity index (χ1v) is 9.85. The molecule has 7 heteroatoms. The van der Waals surface area contributed by atoms with Crippen molar-refractivity contribution >= 4 is 23.6 Å². The van der Waals surface area contributed by atoms with Crippen molar-refractivity contribution in [3.05, 3.63) is 52.8 Å². The topological polar surface area (TPSA) is 81.2 Å². The number of nitrogens with zero attached hydrogens (tertiary/aromatic N) is 2. The minimum absolute atomic E-state index is 0.0597. The van der Waals surface area contributed by atoms with Crippen LogP contribution in [0.15, 0.2) is 35.5 Å². The first-order chi connectivity index (χ1) is 12.9. The van der Waals surface area contributed by atoms with E-state index in [1.54, 1.807) is 0 Å². The average molecular weight is 388 g/mol. The van der Waals surface area contributed by atoms with Crippen molar-refractivity contribution in [2.45, 2.75) is 45.3 Å². The molecule has 0 bridgehead atoms. The van der Waals surface area contributed by atoms with Gasteiger partial charge in [-0.2, -0.15) is 0 Å². The van der Waals surface area contributed by atoms with E-state index in [9.17, 15) is 9.59 Å². The van der Waals surface area contributed by atoms with E-state index in [4.69, 9.17) is 4.74 Å². The summed E-state index contributed by atoms with van der Waals surface area (Å²) in [5.74, 6) is -0.745. The Kier molecular flexibility index (Phi) is 7.79. The number of hydrogen-bond donors (Lipinski definition) is 1. The summed E-state index contributed by atoms with van der Waals surface area (Å²) in [5.41, 5.74) is 3.95. The number of benzene rings is 1. The van der Waals surface area contributed by atoms with Crippen LogP contribution in [0.5, 0.6) is 0 Å². The largest absolute Gasteiger partial charge is 0.455 e. The number of rotatable bonds is 8. The standard InChI is InChI=1S/C20H25N3O3S/c1-5-16-6-8-17(9-7-16)15(4)23-18(24)11-26-19(25)12-27-20-21-13(2)10-14(3)22-20/h6-10,15H,5,11-12H2,1-4H3,(H,23,24)/t15-/m1/s1. The van der Waals surface area contributed by atoms with Crippen molar-refractivity contribution in [2.75, 3.05) is 12.4 Å². The molecule has 2 rings (SSSR count). The molecule has 1 aromatic heterocycles. The fourth-order valence-electron chi connectivity index (χ4n) is 2.48. The van der Waals surface area contributed by atoms with Crippen LogP contribution in [0, 0.1) is 13.8 Å². The number of carbonyl (C=O) groups excluding carboxylic acids is 2. The zero-order valence-corrected chi connectivity index (χ0v) is 16.9. The van der Waals surface area contributed by atoms with E-state index in [1.165, 1.54) is 17.3 Å². The maximum atomic E-state index is 12.0. The van der Waals surface area contributed by atoms with Gasteiger partial charge in [0.2, 0.25) is 0 Å². The lowest BCUT2D eigenvalue weighted by atomic mass is 10.1. The third kappa shape index (κ3) is 7.02. The van der Waals surface area contributed by atoms with E-state index in [0.717, 1.165) is 23.4 Å². The Morgan fingerprint density at radius 1 is 1.15 bits per heavy atom. The number of ether oxygens (including phenoxy) is 1. The summed E-state index contributed by atoms with van der Waals surface area (Å²) in [7, 11) is 0. The number of thioether (sulfide) groups is 1. The van der Waals surface area contributed by atoms with Crippen LogP contribution >= 0.6 is 11.8 Å². The Morgan fingerprint density at radius 3 is 2.37 bits per heavy atom. The lowest BCUT2D eigenvalue weighted by Crippen LogP contribution is -2.31. The van der Waals surface area contributed by atoms with E-state index in [0.29, 0.717) is 5.16 Å². The van der Waals surface area contributed by atoms with E-state index >= 15 is 0 Å². The van der Waals surface area contributed by atoms with Crippen LogP contribution in [0.4, 0.5) is 0 Å². The van der Waals surface area contributed by atoms with Crippen LogP contribution in [0.25, 0.3) is 0 Å². The molecule has 0 saturated carbocycles. The number of amides is 1. The number of nitrogens with one attached hydrogen (secondary N) is 1. The fourth-order valence-corrected chi connectivity index (χ4v) is 3.23. The van der Waals surface area contributed by atoms with Gasteiger partial charge in [-0.3, -0.25) is 9.59 Å². The Labute approximate surface area is 164 Å². The van der Waals surface area contributed by atoms with Gasteiger partial charge in [0.1, 0.15) is 0 Å². The van der Waals surface area contributed by atoms with Gasteiger partial charge in [-0.15, -0.1) is 0 Å². The molecular weight excluding hydrogens is 362 g/mol. The highest BCUT2D eigenvalue weighted by atomic mass is 32.2. The van der Waals surface area contributed by atoms with Gasteiger partial charge >= 0.3 is 5.97 Å². The SMILES string of the molecule is CCc1ccc([C@@H](C)NC(=O)COC(=O)CSc2nc(C)cc(C)n2)cc1. The van der Waals surface area contributed by atoms with Crippen LogP contribution in [0.1, 0.15) is 42.4 Å². The zero-order valence-electron chi connectivity index (χ0n) is 16.1. The normalized spacial score (nSPS) is 11.7. The zero-order chi connectivity index (χ0) is 19.8. The van der Waals surface area contributed by atoms with Crippen molar-refractivity contribution in [1.29, 1.82) is 0 Å². The molecule has 1 amide bonds. The van der Waals surface area contributed by atoms with Crippen molar-refractivity contribution in [3.63, 3.8) is 0 Å². The highest BCUT2D eigenvalue weighted by molar-refractivity contribution is 7.99. The lowest BCUT2D eigenvalue weighted by Gasteiger charge is -2.15. The molecule has 0 spiro atoms. The Balaban J connectivity index is 1.74. The van der Waals surface area contributed by atoms with Crippen LogP contribution in [-0.2, 0) is 20.7 Å². The summed E-state index contributed by atoms with van der Waals surface area (Å²) in [6.07, 6.45) is 0.974. The molecule has 0 aliphatic heterocycles. The molecule has 0 radical (unpaired) electrons. The number of esters is 1. The Morgan fingerprint density at radius 2 is 1.78 bits per heavy atom. The monoisotopic (exact) mass is 387 g/mol. The predicted octanol–water partition coefficient (Wildman–Crippen LogP) is 3.17. The molecule has 0 saturated heterocycles. The molecule has 0 unspecified atom stereocenters. The van der Waals surface area contributed by atoms with Gasteiger partial charge in [-0.05, 0) is 44.4 Å². The number of hydrogen-bond acceptors (Lipinski definition) is 6. The maximum Gasteiger partial charge on any atom is 0.316 e. The number of carbonyl (C=O) groups is 2. The van der Waals surface area contributed by atoms with E-state index < -0.39 is 5.97 Å². The Bertz CT molecular complexity index is 773. The molecule has 6 nitrogen and oxygen atoms in total. The minimum atomic E-state index is -0.474.